The first kappa shape index (κ1) is 15.9. The van der Waals surface area contributed by atoms with Crippen molar-refractivity contribution in [2.45, 2.75) is 39.3 Å². The van der Waals surface area contributed by atoms with Crippen LogP contribution in [-0.4, -0.2) is 21.0 Å². The van der Waals surface area contributed by atoms with E-state index in [1.54, 1.807) is 11.6 Å². The number of halogens is 3. The van der Waals surface area contributed by atoms with E-state index in [9.17, 15) is 13.9 Å². The average molecular weight is 315 g/mol. The van der Waals surface area contributed by atoms with Gasteiger partial charge in [0.15, 0.2) is 11.6 Å². The highest BCUT2D eigenvalue weighted by atomic mass is 35.5. The third-order valence-electron chi connectivity index (χ3n) is 3.37. The van der Waals surface area contributed by atoms with Crippen LogP contribution in [0.4, 0.5) is 8.78 Å². The zero-order valence-electron chi connectivity index (χ0n) is 11.9. The molecular weight excluding hydrogens is 298 g/mol. The van der Waals surface area contributed by atoms with E-state index in [0.29, 0.717) is 23.0 Å². The molecule has 6 heteroatoms. The predicted octanol–water partition coefficient (Wildman–Crippen LogP) is 3.29. The highest BCUT2D eigenvalue weighted by Crippen LogP contribution is 2.23. The number of hydrogen-bond donors (Lipinski definition) is 1. The topological polar surface area (TPSA) is 38.0 Å². The smallest absolute Gasteiger partial charge is 0.162 e. The summed E-state index contributed by atoms with van der Waals surface area (Å²) in [5.74, 6) is -1.82. The molecule has 1 atom stereocenters. The fourth-order valence-electron chi connectivity index (χ4n) is 2.32. The molecule has 21 heavy (non-hydrogen) atoms. The molecule has 1 aromatic carbocycles. The van der Waals surface area contributed by atoms with Crippen molar-refractivity contribution in [2.75, 3.05) is 0 Å². The van der Waals surface area contributed by atoms with Crippen LogP contribution >= 0.6 is 11.6 Å². The second-order valence-electron chi connectivity index (χ2n) is 4.94. The summed E-state index contributed by atoms with van der Waals surface area (Å²) in [6, 6.07) is 3.94. The fourth-order valence-corrected chi connectivity index (χ4v) is 2.53. The number of benzene rings is 1. The van der Waals surface area contributed by atoms with Crippen molar-refractivity contribution in [3.63, 3.8) is 0 Å². The molecule has 1 aromatic heterocycles. The summed E-state index contributed by atoms with van der Waals surface area (Å²) in [6.07, 6.45) is -0.600. The number of aliphatic hydroxyl groups is 1. The summed E-state index contributed by atoms with van der Waals surface area (Å²) in [5, 5.41) is 14.9. The normalized spacial score (nSPS) is 12.7. The first-order chi connectivity index (χ1) is 9.93. The Hall–Kier alpha value is -1.46. The van der Waals surface area contributed by atoms with Gasteiger partial charge in [0.1, 0.15) is 0 Å². The van der Waals surface area contributed by atoms with Gasteiger partial charge in [-0.15, -0.1) is 0 Å². The minimum absolute atomic E-state index is 0.0217. The van der Waals surface area contributed by atoms with Crippen molar-refractivity contribution in [1.29, 1.82) is 0 Å². The van der Waals surface area contributed by atoms with Crippen molar-refractivity contribution < 1.29 is 13.9 Å². The molecule has 2 rings (SSSR count). The van der Waals surface area contributed by atoms with E-state index >= 15 is 0 Å². The average Bonchev–Trinajstić information content (AvgIpc) is 2.71. The molecule has 1 heterocycles. The third-order valence-corrected chi connectivity index (χ3v) is 3.86. The van der Waals surface area contributed by atoms with E-state index in [1.165, 1.54) is 12.1 Å². The Kier molecular flexibility index (Phi) is 4.96. The van der Waals surface area contributed by atoms with Gasteiger partial charge in [0.2, 0.25) is 0 Å². The van der Waals surface area contributed by atoms with E-state index in [4.69, 9.17) is 11.6 Å². The van der Waals surface area contributed by atoms with Crippen molar-refractivity contribution >= 4 is 11.6 Å². The number of rotatable bonds is 5. The second-order valence-corrected chi connectivity index (χ2v) is 5.31. The summed E-state index contributed by atoms with van der Waals surface area (Å²) < 4.78 is 28.5. The maximum atomic E-state index is 13.6. The van der Waals surface area contributed by atoms with Crippen LogP contribution in [0.2, 0.25) is 5.02 Å². The number of nitrogens with zero attached hydrogens (tertiary/aromatic N) is 2. The summed E-state index contributed by atoms with van der Waals surface area (Å²) >= 11 is 6.17. The van der Waals surface area contributed by atoms with E-state index in [-0.39, 0.29) is 18.4 Å². The fraction of sp³-hybridized carbons (Fsp3) is 0.400. The summed E-state index contributed by atoms with van der Waals surface area (Å²) in [5.41, 5.74) is 1.55. The lowest BCUT2D eigenvalue weighted by molar-refractivity contribution is 0.171. The van der Waals surface area contributed by atoms with Gasteiger partial charge >= 0.3 is 0 Å². The molecule has 0 aliphatic heterocycles. The third kappa shape index (κ3) is 3.41. The van der Waals surface area contributed by atoms with Crippen LogP contribution < -0.4 is 0 Å². The van der Waals surface area contributed by atoms with Crippen LogP contribution in [-0.2, 0) is 19.4 Å². The van der Waals surface area contributed by atoms with Crippen LogP contribution in [0.1, 0.15) is 23.9 Å². The lowest BCUT2D eigenvalue weighted by Gasteiger charge is -2.13. The monoisotopic (exact) mass is 314 g/mol. The summed E-state index contributed by atoms with van der Waals surface area (Å²) in [6.45, 7) is 4.34. The molecule has 1 unspecified atom stereocenters. The number of aromatic nitrogens is 2. The zero-order chi connectivity index (χ0) is 15.6. The van der Waals surface area contributed by atoms with Crippen LogP contribution in [0.15, 0.2) is 18.2 Å². The molecule has 0 saturated heterocycles. The predicted molar refractivity (Wildman–Crippen MR) is 77.4 cm³/mol. The molecule has 0 bridgehead atoms. The molecule has 0 aliphatic carbocycles. The maximum absolute atomic E-state index is 13.6. The molecule has 3 nitrogen and oxygen atoms in total. The largest absolute Gasteiger partial charge is 0.392 e. The van der Waals surface area contributed by atoms with E-state index in [2.05, 4.69) is 5.10 Å². The molecule has 114 valence electrons. The first-order valence-electron chi connectivity index (χ1n) is 6.76. The van der Waals surface area contributed by atoms with Crippen LogP contribution in [0.5, 0.6) is 0 Å². The Morgan fingerprint density at radius 2 is 2.05 bits per heavy atom. The SMILES string of the molecule is CCn1nc(C)c(Cl)c1CC(O)Cc1cccc(F)c1F. The Labute approximate surface area is 127 Å². The van der Waals surface area contributed by atoms with Crippen LogP contribution in [0, 0.1) is 18.6 Å². The first-order valence-corrected chi connectivity index (χ1v) is 7.14. The van der Waals surface area contributed by atoms with Gasteiger partial charge in [0, 0.05) is 19.4 Å². The molecule has 0 fully saturated rings. The molecule has 0 aliphatic rings. The molecular formula is C15H17ClF2N2O. The van der Waals surface area contributed by atoms with Crippen molar-refractivity contribution in [1.82, 2.24) is 9.78 Å². The highest BCUT2D eigenvalue weighted by molar-refractivity contribution is 6.31. The lowest BCUT2D eigenvalue weighted by atomic mass is 10.0. The van der Waals surface area contributed by atoms with Gasteiger partial charge in [0.25, 0.3) is 0 Å². The number of aliphatic hydroxyl groups excluding tert-OH is 1. The van der Waals surface area contributed by atoms with Gasteiger partial charge in [-0.05, 0) is 25.5 Å². The second kappa shape index (κ2) is 6.54. The minimum atomic E-state index is -0.914. The van der Waals surface area contributed by atoms with Crippen molar-refractivity contribution in [2.24, 2.45) is 0 Å². The molecule has 0 spiro atoms. The lowest BCUT2D eigenvalue weighted by Crippen LogP contribution is -2.18. The Morgan fingerprint density at radius 1 is 1.33 bits per heavy atom. The Bertz CT molecular complexity index is 643. The molecule has 1 N–H and O–H groups in total. The summed E-state index contributed by atoms with van der Waals surface area (Å²) in [4.78, 5) is 0. The molecule has 0 saturated carbocycles. The van der Waals surface area contributed by atoms with Crippen molar-refractivity contribution in [3.05, 3.63) is 51.8 Å². The minimum Gasteiger partial charge on any atom is -0.392 e. The quantitative estimate of drug-likeness (QED) is 0.919. The van der Waals surface area contributed by atoms with Gasteiger partial charge in [0.05, 0.1) is 22.5 Å². The van der Waals surface area contributed by atoms with E-state index in [0.717, 1.165) is 6.07 Å². The van der Waals surface area contributed by atoms with Gasteiger partial charge in [-0.25, -0.2) is 8.78 Å². The highest BCUT2D eigenvalue weighted by Gasteiger charge is 2.18. The molecule has 0 radical (unpaired) electrons. The Morgan fingerprint density at radius 3 is 2.71 bits per heavy atom. The number of aryl methyl sites for hydroxylation is 2. The van der Waals surface area contributed by atoms with Crippen LogP contribution in [0.25, 0.3) is 0 Å². The van der Waals surface area contributed by atoms with Crippen molar-refractivity contribution in [3.8, 4) is 0 Å². The van der Waals surface area contributed by atoms with Gasteiger partial charge < -0.3 is 5.11 Å². The zero-order valence-corrected chi connectivity index (χ0v) is 12.7. The van der Waals surface area contributed by atoms with Gasteiger partial charge in [-0.1, -0.05) is 23.7 Å². The summed E-state index contributed by atoms with van der Waals surface area (Å²) in [7, 11) is 0. The van der Waals surface area contributed by atoms with E-state index in [1.807, 2.05) is 6.92 Å². The van der Waals surface area contributed by atoms with Crippen LogP contribution in [0.3, 0.4) is 0 Å². The van der Waals surface area contributed by atoms with E-state index < -0.39 is 17.7 Å². The van der Waals surface area contributed by atoms with Gasteiger partial charge in [-0.3, -0.25) is 4.68 Å². The number of hydrogen-bond acceptors (Lipinski definition) is 2. The standard InChI is InChI=1S/C15H17ClF2N2O/c1-3-20-13(14(16)9(2)19-20)8-11(21)7-10-5-4-6-12(17)15(10)18/h4-6,11,21H,3,7-8H2,1-2H3. The maximum Gasteiger partial charge on any atom is 0.162 e. The van der Waals surface area contributed by atoms with Gasteiger partial charge in [-0.2, -0.15) is 5.10 Å². The molecule has 2 aromatic rings. The Balaban J connectivity index is 2.15. The molecule has 0 amide bonds.